The van der Waals surface area contributed by atoms with Gasteiger partial charge in [-0.25, -0.2) is 9.18 Å². The summed E-state index contributed by atoms with van der Waals surface area (Å²) in [4.78, 5) is 24.0. The summed E-state index contributed by atoms with van der Waals surface area (Å²) < 4.78 is 29.7. The number of ether oxygens (including phenoxy) is 3. The van der Waals surface area contributed by atoms with Crippen LogP contribution < -0.4 is 9.47 Å². The van der Waals surface area contributed by atoms with E-state index in [2.05, 4.69) is 4.74 Å². The van der Waals surface area contributed by atoms with Crippen molar-refractivity contribution in [1.29, 1.82) is 0 Å². The van der Waals surface area contributed by atoms with E-state index in [4.69, 9.17) is 9.47 Å². The number of fused-ring (bicyclic) bond motifs is 1. The Balaban J connectivity index is 1.92. The summed E-state index contributed by atoms with van der Waals surface area (Å²) in [6.45, 7) is 3.28. The molecule has 134 valence electrons. The van der Waals surface area contributed by atoms with Crippen LogP contribution in [0.5, 0.6) is 11.5 Å². The van der Waals surface area contributed by atoms with Crippen molar-refractivity contribution in [3.8, 4) is 11.5 Å². The maximum atomic E-state index is 13.8. The molecule has 1 aliphatic rings. The summed E-state index contributed by atoms with van der Waals surface area (Å²) in [7, 11) is 1.28. The SMILES string of the molecule is COC(=O)C(C)Oc1ccc2c(c1C)O/C(=C\c1ccccc1F)C2=O. The number of benzene rings is 2. The van der Waals surface area contributed by atoms with Gasteiger partial charge in [0.05, 0.1) is 12.7 Å². The lowest BCUT2D eigenvalue weighted by Crippen LogP contribution is -2.25. The molecule has 0 bridgehead atoms. The number of rotatable bonds is 4. The van der Waals surface area contributed by atoms with Gasteiger partial charge in [-0.2, -0.15) is 0 Å². The lowest BCUT2D eigenvalue weighted by molar-refractivity contribution is -0.147. The summed E-state index contributed by atoms with van der Waals surface area (Å²) in [5.74, 6) is -0.513. The van der Waals surface area contributed by atoms with Gasteiger partial charge in [-0.15, -0.1) is 0 Å². The van der Waals surface area contributed by atoms with Crippen LogP contribution in [0.25, 0.3) is 6.08 Å². The molecule has 0 saturated carbocycles. The molecule has 0 aromatic heterocycles. The first kappa shape index (κ1) is 17.7. The second-order valence-corrected chi connectivity index (χ2v) is 5.81. The molecule has 2 aromatic rings. The predicted molar refractivity (Wildman–Crippen MR) is 92.6 cm³/mol. The third kappa shape index (κ3) is 3.18. The number of halogens is 1. The molecule has 2 aromatic carbocycles. The fourth-order valence-electron chi connectivity index (χ4n) is 2.63. The van der Waals surface area contributed by atoms with Crippen LogP contribution in [0, 0.1) is 12.7 Å². The topological polar surface area (TPSA) is 61.8 Å². The van der Waals surface area contributed by atoms with Crippen LogP contribution in [-0.2, 0) is 9.53 Å². The Kier molecular flexibility index (Phi) is 4.75. The number of allylic oxidation sites excluding steroid dienone is 1. The van der Waals surface area contributed by atoms with Crippen molar-refractivity contribution in [2.75, 3.05) is 7.11 Å². The highest BCUT2D eigenvalue weighted by atomic mass is 19.1. The van der Waals surface area contributed by atoms with Crippen LogP contribution in [0.15, 0.2) is 42.2 Å². The second-order valence-electron chi connectivity index (χ2n) is 5.81. The average molecular weight is 356 g/mol. The Morgan fingerprint density at radius 3 is 2.65 bits per heavy atom. The average Bonchev–Trinajstić information content (AvgIpc) is 2.95. The minimum absolute atomic E-state index is 0.0337. The van der Waals surface area contributed by atoms with Crippen molar-refractivity contribution < 1.29 is 28.2 Å². The minimum Gasteiger partial charge on any atom is -0.479 e. The van der Waals surface area contributed by atoms with Gasteiger partial charge < -0.3 is 14.2 Å². The van der Waals surface area contributed by atoms with Gasteiger partial charge >= 0.3 is 5.97 Å². The third-order valence-electron chi connectivity index (χ3n) is 4.07. The molecular formula is C20H17FO5. The number of hydrogen-bond acceptors (Lipinski definition) is 5. The fourth-order valence-corrected chi connectivity index (χ4v) is 2.63. The maximum absolute atomic E-state index is 13.8. The molecule has 0 radical (unpaired) electrons. The number of methoxy groups -OCH3 is 1. The van der Waals surface area contributed by atoms with Gasteiger partial charge in [-0.3, -0.25) is 4.79 Å². The smallest absolute Gasteiger partial charge is 0.346 e. The van der Waals surface area contributed by atoms with Crippen molar-refractivity contribution in [1.82, 2.24) is 0 Å². The Labute approximate surface area is 150 Å². The Bertz CT molecular complexity index is 916. The van der Waals surface area contributed by atoms with Gasteiger partial charge in [0.25, 0.3) is 0 Å². The monoisotopic (exact) mass is 356 g/mol. The van der Waals surface area contributed by atoms with Gasteiger partial charge in [0.1, 0.15) is 17.3 Å². The lowest BCUT2D eigenvalue weighted by Gasteiger charge is -2.15. The highest BCUT2D eigenvalue weighted by molar-refractivity contribution is 6.15. The number of ketones is 1. The molecule has 0 aliphatic carbocycles. The Hall–Kier alpha value is -3.15. The summed E-state index contributed by atoms with van der Waals surface area (Å²) in [6, 6.07) is 9.27. The predicted octanol–water partition coefficient (Wildman–Crippen LogP) is 3.69. The van der Waals surface area contributed by atoms with E-state index in [9.17, 15) is 14.0 Å². The van der Waals surface area contributed by atoms with Crippen LogP contribution in [0.1, 0.15) is 28.4 Å². The fraction of sp³-hybridized carbons (Fsp3) is 0.200. The van der Waals surface area contributed by atoms with Crippen molar-refractivity contribution in [3.05, 3.63) is 64.7 Å². The van der Waals surface area contributed by atoms with Gasteiger partial charge in [-0.1, -0.05) is 18.2 Å². The van der Waals surface area contributed by atoms with E-state index in [1.165, 1.54) is 19.3 Å². The van der Waals surface area contributed by atoms with Crippen molar-refractivity contribution in [2.45, 2.75) is 20.0 Å². The summed E-state index contributed by atoms with van der Waals surface area (Å²) in [5, 5.41) is 0. The summed E-state index contributed by atoms with van der Waals surface area (Å²) in [5.41, 5.74) is 1.20. The number of carbonyl (C=O) groups excluding carboxylic acids is 2. The van der Waals surface area contributed by atoms with Crippen molar-refractivity contribution in [3.63, 3.8) is 0 Å². The zero-order valence-electron chi connectivity index (χ0n) is 14.5. The molecule has 1 unspecified atom stereocenters. The number of carbonyl (C=O) groups is 2. The van der Waals surface area contributed by atoms with Gasteiger partial charge in [0, 0.05) is 11.1 Å². The van der Waals surface area contributed by atoms with Crippen molar-refractivity contribution in [2.24, 2.45) is 0 Å². The van der Waals surface area contributed by atoms with E-state index in [0.29, 0.717) is 22.6 Å². The molecule has 26 heavy (non-hydrogen) atoms. The lowest BCUT2D eigenvalue weighted by atomic mass is 10.1. The third-order valence-corrected chi connectivity index (χ3v) is 4.07. The highest BCUT2D eigenvalue weighted by Crippen LogP contribution is 2.39. The zero-order chi connectivity index (χ0) is 18.8. The molecule has 0 amide bonds. The highest BCUT2D eigenvalue weighted by Gasteiger charge is 2.31. The molecule has 3 rings (SSSR count). The largest absolute Gasteiger partial charge is 0.479 e. The molecule has 0 saturated heterocycles. The normalized spacial score (nSPS) is 15.4. The molecule has 5 nitrogen and oxygen atoms in total. The maximum Gasteiger partial charge on any atom is 0.346 e. The standard InChI is InChI=1S/C20H17FO5/c1-11-16(25-12(2)20(23)24-3)9-8-14-18(22)17(26-19(11)14)10-13-6-4-5-7-15(13)21/h4-10,12H,1-3H3/b17-10-. The molecule has 1 heterocycles. The van der Waals surface area contributed by atoms with Gasteiger partial charge in [0.2, 0.25) is 5.78 Å². The molecule has 1 aliphatic heterocycles. The van der Waals surface area contributed by atoms with Gasteiger partial charge in [0.15, 0.2) is 11.9 Å². The van der Waals surface area contributed by atoms with Crippen LogP contribution in [0.3, 0.4) is 0 Å². The Morgan fingerprint density at radius 1 is 1.23 bits per heavy atom. The van der Waals surface area contributed by atoms with E-state index in [0.717, 1.165) is 0 Å². The van der Waals surface area contributed by atoms with E-state index in [1.807, 2.05) is 0 Å². The molecule has 1 atom stereocenters. The minimum atomic E-state index is -0.803. The number of hydrogen-bond donors (Lipinski definition) is 0. The second kappa shape index (κ2) is 7.00. The van der Waals surface area contributed by atoms with Crippen LogP contribution in [-0.4, -0.2) is 25.0 Å². The van der Waals surface area contributed by atoms with E-state index in [1.54, 1.807) is 44.2 Å². The molecule has 6 heteroatoms. The molecule has 0 fully saturated rings. The number of Topliss-reactive ketones (excluding diaryl/α,β-unsaturated/α-hetero) is 1. The Morgan fingerprint density at radius 2 is 1.96 bits per heavy atom. The van der Waals surface area contributed by atoms with Crippen LogP contribution in [0.4, 0.5) is 4.39 Å². The van der Waals surface area contributed by atoms with E-state index < -0.39 is 17.9 Å². The molecular weight excluding hydrogens is 339 g/mol. The zero-order valence-corrected chi connectivity index (χ0v) is 14.5. The van der Waals surface area contributed by atoms with E-state index >= 15 is 0 Å². The van der Waals surface area contributed by atoms with Crippen LogP contribution >= 0.6 is 0 Å². The molecule has 0 spiro atoms. The molecule has 0 N–H and O–H groups in total. The summed E-state index contributed by atoms with van der Waals surface area (Å²) in [6.07, 6.45) is 0.566. The van der Waals surface area contributed by atoms with Crippen LogP contribution in [0.2, 0.25) is 0 Å². The first-order chi connectivity index (χ1) is 12.4. The quantitative estimate of drug-likeness (QED) is 0.618. The number of esters is 1. The first-order valence-corrected chi connectivity index (χ1v) is 7.99. The first-order valence-electron chi connectivity index (χ1n) is 7.99. The summed E-state index contributed by atoms with van der Waals surface area (Å²) >= 11 is 0. The van der Waals surface area contributed by atoms with E-state index in [-0.39, 0.29) is 17.1 Å². The van der Waals surface area contributed by atoms with Crippen molar-refractivity contribution >= 4 is 17.8 Å². The van der Waals surface area contributed by atoms with Gasteiger partial charge in [-0.05, 0) is 38.1 Å².